The molecule has 1 amide bonds. The highest BCUT2D eigenvalue weighted by Gasteiger charge is 2.12. The van der Waals surface area contributed by atoms with Crippen LogP contribution in [0.25, 0.3) is 0 Å². The number of carbonyl (C=O) groups is 1. The van der Waals surface area contributed by atoms with Crippen molar-refractivity contribution in [2.24, 2.45) is 4.99 Å². The Bertz CT molecular complexity index is 304. The fourth-order valence-electron chi connectivity index (χ4n) is 1.07. The van der Waals surface area contributed by atoms with Crippen LogP contribution in [0.3, 0.4) is 0 Å². The van der Waals surface area contributed by atoms with Gasteiger partial charge in [-0.1, -0.05) is 19.9 Å². The minimum Gasteiger partial charge on any atom is -0.307 e. The minimum atomic E-state index is -0.106. The molecule has 1 N–H and O–H groups in total. The molecule has 0 aliphatic carbocycles. The van der Waals surface area contributed by atoms with E-state index in [2.05, 4.69) is 10.3 Å². The maximum Gasteiger partial charge on any atom is 0.249 e. The third kappa shape index (κ3) is 4.58. The molecule has 0 spiro atoms. The molecule has 0 saturated carbocycles. The lowest BCUT2D eigenvalue weighted by Crippen LogP contribution is -2.33. The third-order valence-corrected chi connectivity index (χ3v) is 1.63. The van der Waals surface area contributed by atoms with Crippen LogP contribution in [0.5, 0.6) is 0 Å². The van der Waals surface area contributed by atoms with Crippen molar-refractivity contribution < 1.29 is 6.22 Å². The summed E-state index contributed by atoms with van der Waals surface area (Å²) < 4.78 is 0. The van der Waals surface area contributed by atoms with E-state index in [1.54, 1.807) is 6.08 Å². The Labute approximate surface area is 93.5 Å². The molecule has 0 aromatic carbocycles. The smallest absolute Gasteiger partial charge is 0.249 e. The summed E-state index contributed by atoms with van der Waals surface area (Å²) in [5, 5.41) is 2.70. The molecule has 3 heteroatoms. The average Bonchev–Trinajstić information content (AvgIpc) is 2.20. The minimum absolute atomic E-state index is 0. The van der Waals surface area contributed by atoms with E-state index in [-0.39, 0.29) is 13.4 Å². The van der Waals surface area contributed by atoms with Crippen LogP contribution in [-0.4, -0.2) is 17.8 Å². The van der Waals surface area contributed by atoms with Crippen LogP contribution in [0.2, 0.25) is 0 Å². The molecule has 0 saturated heterocycles. The molecule has 0 bridgehead atoms. The van der Waals surface area contributed by atoms with Crippen molar-refractivity contribution >= 4 is 11.7 Å². The summed E-state index contributed by atoms with van der Waals surface area (Å²) in [6, 6.07) is 0.191. The molecule has 0 fully saturated rings. The Kier molecular flexibility index (Phi) is 6.34. The van der Waals surface area contributed by atoms with Crippen molar-refractivity contribution in [2.45, 2.75) is 40.7 Å². The van der Waals surface area contributed by atoms with Gasteiger partial charge in [-0.25, -0.2) is 0 Å². The lowest BCUT2D eigenvalue weighted by atomic mass is 10.1. The molecule has 1 heterocycles. The van der Waals surface area contributed by atoms with Gasteiger partial charge in [0, 0.05) is 19.1 Å². The average molecular weight is 210 g/mol. The summed E-state index contributed by atoms with van der Waals surface area (Å²) in [7, 11) is 0. The lowest BCUT2D eigenvalue weighted by Gasteiger charge is -2.13. The van der Waals surface area contributed by atoms with Gasteiger partial charge in [-0.2, -0.15) is 0 Å². The van der Waals surface area contributed by atoms with E-state index in [0.29, 0.717) is 5.84 Å². The van der Waals surface area contributed by atoms with Crippen molar-refractivity contribution in [2.75, 3.05) is 0 Å². The molecular formula is C12H22N2O. The number of carbonyl (C=O) groups excluding carboxylic acids is 1. The van der Waals surface area contributed by atoms with E-state index in [4.69, 9.17) is 0 Å². The number of amidine groups is 1. The van der Waals surface area contributed by atoms with E-state index in [1.807, 2.05) is 40.7 Å². The van der Waals surface area contributed by atoms with Crippen LogP contribution in [0.1, 0.15) is 36.0 Å². The van der Waals surface area contributed by atoms with Gasteiger partial charge in [-0.15, -0.1) is 0 Å². The maximum absolute atomic E-state index is 11.0. The molecular weight excluding hydrogens is 188 g/mol. The van der Waals surface area contributed by atoms with E-state index < -0.39 is 0 Å². The Balaban J connectivity index is 0. The van der Waals surface area contributed by atoms with Crippen molar-refractivity contribution in [1.82, 2.24) is 5.32 Å². The molecule has 0 radical (unpaired) electrons. The van der Waals surface area contributed by atoms with Crippen LogP contribution in [0.15, 0.2) is 28.8 Å². The first-order valence-electron chi connectivity index (χ1n) is 5.37. The maximum atomic E-state index is 11.0. The van der Waals surface area contributed by atoms with Crippen molar-refractivity contribution in [3.05, 3.63) is 23.8 Å². The topological polar surface area (TPSA) is 41.5 Å². The predicted octanol–water partition coefficient (Wildman–Crippen LogP) is 2.70. The van der Waals surface area contributed by atoms with E-state index in [9.17, 15) is 4.79 Å². The van der Waals surface area contributed by atoms with Gasteiger partial charge in [-0.05, 0) is 26.8 Å². The number of rotatable bonds is 1. The summed E-state index contributed by atoms with van der Waals surface area (Å²) in [5.74, 6) is 0.565. The van der Waals surface area contributed by atoms with Crippen molar-refractivity contribution in [1.29, 1.82) is 0 Å². The quantitative estimate of drug-likeness (QED) is 0.710. The summed E-state index contributed by atoms with van der Waals surface area (Å²) in [6.07, 6.45) is 5.21. The number of hydrogen-bond acceptors (Lipinski definition) is 2. The molecule has 86 valence electrons. The fourth-order valence-corrected chi connectivity index (χ4v) is 1.07. The summed E-state index contributed by atoms with van der Waals surface area (Å²) >= 11 is 0. The molecule has 0 aromatic heterocycles. The Morgan fingerprint density at radius 1 is 1.40 bits per heavy atom. The second-order valence-electron chi connectivity index (χ2n) is 3.14. The molecule has 0 unspecified atom stereocenters. The number of aliphatic imine (C=N–C) groups is 1. The number of nitrogens with one attached hydrogen (secondary N) is 1. The second-order valence-corrected chi connectivity index (χ2v) is 3.14. The van der Waals surface area contributed by atoms with Gasteiger partial charge in [0.2, 0.25) is 5.91 Å². The molecule has 0 aromatic rings. The molecule has 0 atom stereocenters. The molecule has 1 rings (SSSR count). The molecule has 3 nitrogen and oxygen atoms in total. The number of hydrogen-bond donors (Lipinski definition) is 1. The van der Waals surface area contributed by atoms with Gasteiger partial charge < -0.3 is 5.32 Å². The first kappa shape index (κ1) is 13.6. The first-order valence-corrected chi connectivity index (χ1v) is 5.37. The molecule has 15 heavy (non-hydrogen) atoms. The van der Waals surface area contributed by atoms with Gasteiger partial charge in [0.1, 0.15) is 5.84 Å². The van der Waals surface area contributed by atoms with Crippen molar-refractivity contribution in [3.63, 3.8) is 0 Å². The first-order chi connectivity index (χ1) is 7.13. The Morgan fingerprint density at radius 2 is 2.00 bits per heavy atom. The van der Waals surface area contributed by atoms with Gasteiger partial charge in [0.15, 0.2) is 0 Å². The zero-order chi connectivity index (χ0) is 11.8. The van der Waals surface area contributed by atoms with Crippen LogP contribution in [0, 0.1) is 0 Å². The normalized spacial score (nSPS) is 20.3. The predicted molar refractivity (Wildman–Crippen MR) is 67.1 cm³/mol. The highest BCUT2D eigenvalue weighted by atomic mass is 16.1. The number of amides is 1. The van der Waals surface area contributed by atoms with E-state index in [1.165, 1.54) is 6.08 Å². The molecule has 1 aliphatic rings. The van der Waals surface area contributed by atoms with Gasteiger partial charge >= 0.3 is 0 Å². The summed E-state index contributed by atoms with van der Waals surface area (Å²) in [4.78, 5) is 15.3. The van der Waals surface area contributed by atoms with Crippen molar-refractivity contribution in [3.8, 4) is 0 Å². The summed E-state index contributed by atoms with van der Waals surface area (Å²) in [6.45, 7) is 9.88. The third-order valence-electron chi connectivity index (χ3n) is 1.63. The Morgan fingerprint density at radius 3 is 2.47 bits per heavy atom. The van der Waals surface area contributed by atoms with Crippen LogP contribution >= 0.6 is 0 Å². The lowest BCUT2D eigenvalue weighted by molar-refractivity contribution is -0.115. The standard InChI is InChI=1S/C10H14N2O.C2H6.H2/c1-4-8-5-6-9(13)12-10(8)11-7(2)3;1-2;/h4-7H,1-3H3,(H,11,12,13);1-2H3;1H/b8-4-;;. The second kappa shape index (κ2) is 6.98. The van der Waals surface area contributed by atoms with Gasteiger partial charge in [0.05, 0.1) is 0 Å². The van der Waals surface area contributed by atoms with Gasteiger partial charge in [-0.3, -0.25) is 9.79 Å². The fraction of sp³-hybridized carbons (Fsp3) is 0.500. The van der Waals surface area contributed by atoms with Crippen LogP contribution in [0.4, 0.5) is 0 Å². The highest BCUT2D eigenvalue weighted by molar-refractivity contribution is 6.15. The highest BCUT2D eigenvalue weighted by Crippen LogP contribution is 2.05. The largest absolute Gasteiger partial charge is 0.307 e. The zero-order valence-electron chi connectivity index (χ0n) is 10.2. The monoisotopic (exact) mass is 210 g/mol. The van der Waals surface area contributed by atoms with Gasteiger partial charge in [0.25, 0.3) is 0 Å². The van der Waals surface area contributed by atoms with Crippen LogP contribution in [-0.2, 0) is 4.79 Å². The van der Waals surface area contributed by atoms with E-state index in [0.717, 1.165) is 5.57 Å². The number of nitrogens with zero attached hydrogens (tertiary/aromatic N) is 1. The SMILES string of the molecule is C/C=C1/C=CC(=O)NC1=NC(C)C.CC.[HH]. The Hall–Kier alpha value is -1.38. The summed E-state index contributed by atoms with van der Waals surface area (Å²) in [5.41, 5.74) is 0.966. The number of allylic oxidation sites excluding steroid dienone is 1. The van der Waals surface area contributed by atoms with Crippen LogP contribution < -0.4 is 5.32 Å². The zero-order valence-corrected chi connectivity index (χ0v) is 10.2. The molecule has 1 aliphatic heterocycles. The van der Waals surface area contributed by atoms with E-state index >= 15 is 0 Å².